The van der Waals surface area contributed by atoms with E-state index in [1.807, 2.05) is 0 Å². The van der Waals surface area contributed by atoms with Gasteiger partial charge in [-0.25, -0.2) is 19.0 Å². The van der Waals surface area contributed by atoms with E-state index in [0.29, 0.717) is 4.21 Å². The maximum atomic E-state index is 11.6. The van der Waals surface area contributed by atoms with Gasteiger partial charge in [0.05, 0.1) is 6.61 Å². The normalized spacial score (nSPS) is 14.1. The summed E-state index contributed by atoms with van der Waals surface area (Å²) >= 11 is 1.17. The molecule has 0 amide bonds. The van der Waals surface area contributed by atoms with E-state index in [0.717, 1.165) is 0 Å². The van der Waals surface area contributed by atoms with E-state index in [2.05, 4.69) is 9.56 Å². The van der Waals surface area contributed by atoms with Crippen LogP contribution in [0.25, 0.3) is 0 Å². The Labute approximate surface area is 86.9 Å². The maximum absolute atomic E-state index is 11.6. The fourth-order valence-corrected chi connectivity index (χ4v) is 3.16. The number of nitrogens with two attached hydrogens (primary N) is 1. The van der Waals surface area contributed by atoms with Crippen LogP contribution >= 0.6 is 11.3 Å². The lowest BCUT2D eigenvalue weighted by Crippen LogP contribution is -2.36. The van der Waals surface area contributed by atoms with Crippen LogP contribution in [-0.4, -0.2) is 21.1 Å². The second kappa shape index (κ2) is 4.85. The molecular formula is C7H12N2O3S2. The second-order valence-electron chi connectivity index (χ2n) is 2.79. The van der Waals surface area contributed by atoms with E-state index in [-0.39, 0.29) is 12.6 Å². The van der Waals surface area contributed by atoms with Crippen LogP contribution in [0.4, 0.5) is 0 Å². The van der Waals surface area contributed by atoms with E-state index < -0.39 is 10.0 Å². The average Bonchev–Trinajstić information content (AvgIpc) is 2.54. The Morgan fingerprint density at radius 2 is 2.43 bits per heavy atom. The van der Waals surface area contributed by atoms with Gasteiger partial charge < -0.3 is 4.84 Å². The number of hydrogen-bond donors (Lipinski definition) is 2. The zero-order valence-electron chi connectivity index (χ0n) is 7.64. The largest absolute Gasteiger partial charge is 0.303 e. The zero-order chi connectivity index (χ0) is 10.6. The predicted octanol–water partition coefficient (Wildman–Crippen LogP) is 0.305. The third-order valence-electron chi connectivity index (χ3n) is 1.46. The van der Waals surface area contributed by atoms with E-state index >= 15 is 0 Å². The van der Waals surface area contributed by atoms with Crippen LogP contribution in [0.1, 0.15) is 6.92 Å². The van der Waals surface area contributed by atoms with E-state index in [1.54, 1.807) is 24.4 Å². The summed E-state index contributed by atoms with van der Waals surface area (Å²) in [6, 6.07) is 2.89. The Morgan fingerprint density at radius 1 is 1.71 bits per heavy atom. The minimum absolute atomic E-state index is 0.143. The fraction of sp³-hybridized carbons (Fsp3) is 0.429. The molecule has 0 saturated carbocycles. The van der Waals surface area contributed by atoms with Gasteiger partial charge in [-0.2, -0.15) is 0 Å². The topological polar surface area (TPSA) is 81.4 Å². The van der Waals surface area contributed by atoms with E-state index in [4.69, 9.17) is 5.90 Å². The van der Waals surface area contributed by atoms with Gasteiger partial charge >= 0.3 is 0 Å². The summed E-state index contributed by atoms with van der Waals surface area (Å²) in [4.78, 5) is 4.34. The Hall–Kier alpha value is -0.470. The van der Waals surface area contributed by atoms with Crippen molar-refractivity contribution in [3.63, 3.8) is 0 Å². The van der Waals surface area contributed by atoms with Gasteiger partial charge in [0.15, 0.2) is 0 Å². The molecule has 1 unspecified atom stereocenters. The van der Waals surface area contributed by atoms with Gasteiger partial charge in [0.1, 0.15) is 4.21 Å². The second-order valence-corrected chi connectivity index (χ2v) is 5.68. The van der Waals surface area contributed by atoms with Crippen LogP contribution in [-0.2, 0) is 14.9 Å². The molecule has 80 valence electrons. The summed E-state index contributed by atoms with van der Waals surface area (Å²) in [6.45, 7) is 1.82. The first-order valence-electron chi connectivity index (χ1n) is 3.94. The van der Waals surface area contributed by atoms with Crippen LogP contribution in [0, 0.1) is 0 Å². The minimum Gasteiger partial charge on any atom is -0.303 e. The molecule has 1 heterocycles. The van der Waals surface area contributed by atoms with Crippen molar-refractivity contribution in [2.24, 2.45) is 5.90 Å². The highest BCUT2D eigenvalue weighted by atomic mass is 32.2. The first-order valence-corrected chi connectivity index (χ1v) is 6.30. The van der Waals surface area contributed by atoms with Crippen LogP contribution in [0.15, 0.2) is 21.7 Å². The number of hydrogen-bond acceptors (Lipinski definition) is 5. The molecule has 1 aromatic rings. The zero-order valence-corrected chi connectivity index (χ0v) is 9.27. The van der Waals surface area contributed by atoms with Gasteiger partial charge in [-0.15, -0.1) is 11.3 Å². The third kappa shape index (κ3) is 3.03. The van der Waals surface area contributed by atoms with Crippen molar-refractivity contribution >= 4 is 21.4 Å². The lowest BCUT2D eigenvalue weighted by Gasteiger charge is -2.11. The van der Waals surface area contributed by atoms with Crippen molar-refractivity contribution in [3.8, 4) is 0 Å². The molecule has 0 aliphatic heterocycles. The van der Waals surface area contributed by atoms with E-state index in [9.17, 15) is 8.42 Å². The van der Waals surface area contributed by atoms with Crippen molar-refractivity contribution in [1.29, 1.82) is 0 Å². The minimum atomic E-state index is -3.41. The lowest BCUT2D eigenvalue weighted by atomic mass is 10.4. The Kier molecular flexibility index (Phi) is 4.02. The van der Waals surface area contributed by atoms with Gasteiger partial charge in [0, 0.05) is 6.04 Å². The Morgan fingerprint density at radius 3 is 2.93 bits per heavy atom. The van der Waals surface area contributed by atoms with Crippen LogP contribution in [0.3, 0.4) is 0 Å². The molecule has 5 nitrogen and oxygen atoms in total. The highest BCUT2D eigenvalue weighted by molar-refractivity contribution is 7.91. The summed E-state index contributed by atoms with van der Waals surface area (Å²) in [5, 5.41) is 1.71. The first-order chi connectivity index (χ1) is 6.56. The number of thiophene rings is 1. The molecule has 0 saturated heterocycles. The maximum Gasteiger partial charge on any atom is 0.250 e. The lowest BCUT2D eigenvalue weighted by molar-refractivity contribution is 0.124. The highest BCUT2D eigenvalue weighted by Crippen LogP contribution is 2.15. The molecule has 0 aliphatic carbocycles. The van der Waals surface area contributed by atoms with Crippen molar-refractivity contribution in [2.75, 3.05) is 6.61 Å². The summed E-state index contributed by atoms with van der Waals surface area (Å²) in [5.74, 6) is 4.83. The third-order valence-corrected chi connectivity index (χ3v) is 4.45. The van der Waals surface area contributed by atoms with E-state index in [1.165, 1.54) is 11.3 Å². The molecule has 7 heteroatoms. The fourth-order valence-electron chi connectivity index (χ4n) is 0.918. The van der Waals surface area contributed by atoms with Gasteiger partial charge in [0.25, 0.3) is 0 Å². The van der Waals surface area contributed by atoms with Crippen LogP contribution in [0.5, 0.6) is 0 Å². The van der Waals surface area contributed by atoms with Gasteiger partial charge in [-0.3, -0.25) is 0 Å². The molecule has 0 aromatic carbocycles. The molecule has 14 heavy (non-hydrogen) atoms. The quantitative estimate of drug-likeness (QED) is 0.721. The average molecular weight is 236 g/mol. The summed E-state index contributed by atoms with van der Waals surface area (Å²) in [7, 11) is -3.41. The van der Waals surface area contributed by atoms with Crippen molar-refractivity contribution in [2.45, 2.75) is 17.2 Å². The van der Waals surface area contributed by atoms with Crippen LogP contribution < -0.4 is 10.6 Å². The first kappa shape index (κ1) is 11.6. The highest BCUT2D eigenvalue weighted by Gasteiger charge is 2.17. The SMILES string of the molecule is CC(CON)NS(=O)(=O)c1cccs1. The van der Waals surface area contributed by atoms with Gasteiger partial charge in [-0.1, -0.05) is 6.07 Å². The van der Waals surface area contributed by atoms with Gasteiger partial charge in [-0.05, 0) is 18.4 Å². The van der Waals surface area contributed by atoms with Crippen molar-refractivity contribution in [3.05, 3.63) is 17.5 Å². The molecular weight excluding hydrogens is 224 g/mol. The molecule has 0 spiro atoms. The monoisotopic (exact) mass is 236 g/mol. The molecule has 0 bridgehead atoms. The molecule has 0 aliphatic rings. The van der Waals surface area contributed by atoms with Crippen molar-refractivity contribution < 1.29 is 13.3 Å². The molecule has 1 aromatic heterocycles. The smallest absolute Gasteiger partial charge is 0.250 e. The Bertz CT molecular complexity index is 360. The Balaban J connectivity index is 2.68. The number of sulfonamides is 1. The molecule has 0 fully saturated rings. The molecule has 0 radical (unpaired) electrons. The number of rotatable bonds is 5. The van der Waals surface area contributed by atoms with Gasteiger partial charge in [0.2, 0.25) is 10.0 Å². The predicted molar refractivity (Wildman–Crippen MR) is 54.2 cm³/mol. The molecule has 1 rings (SSSR count). The molecule has 1 atom stereocenters. The standard InChI is InChI=1S/C7H12N2O3S2/c1-6(5-12-8)9-14(10,11)7-3-2-4-13-7/h2-4,6,9H,5,8H2,1H3. The van der Waals surface area contributed by atoms with Crippen molar-refractivity contribution in [1.82, 2.24) is 4.72 Å². The summed E-state index contributed by atoms with van der Waals surface area (Å²) in [6.07, 6.45) is 0. The number of nitrogens with one attached hydrogen (secondary N) is 1. The summed E-state index contributed by atoms with van der Waals surface area (Å²) < 4.78 is 25.9. The summed E-state index contributed by atoms with van der Waals surface area (Å²) in [5.41, 5.74) is 0. The van der Waals surface area contributed by atoms with Crippen LogP contribution in [0.2, 0.25) is 0 Å². The molecule has 3 N–H and O–H groups in total.